The Labute approximate surface area is 240 Å². The summed E-state index contributed by atoms with van der Waals surface area (Å²) in [7, 11) is 1.68. The van der Waals surface area contributed by atoms with Crippen LogP contribution in [-0.2, 0) is 10.3 Å². The molecule has 224 valence electrons. The van der Waals surface area contributed by atoms with Crippen molar-refractivity contribution in [2.75, 3.05) is 58.3 Å². The van der Waals surface area contributed by atoms with Crippen LogP contribution in [0, 0.1) is 5.41 Å². The molecule has 3 amide bonds. The Morgan fingerprint density at radius 3 is 2.12 bits per heavy atom. The van der Waals surface area contributed by atoms with Crippen molar-refractivity contribution in [3.05, 3.63) is 35.9 Å². The fourth-order valence-electron chi connectivity index (χ4n) is 7.48. The maximum Gasteiger partial charge on any atom is 0.320 e. The van der Waals surface area contributed by atoms with Crippen molar-refractivity contribution in [2.45, 2.75) is 75.5 Å². The Kier molecular flexibility index (Phi) is 7.74. The van der Waals surface area contributed by atoms with Crippen LogP contribution in [0.1, 0.15) is 64.4 Å². The standard InChI is InChI=1S/C30H48N4O5S/c1-27(2,25(35)32-17-19-40(38,39)20-18-32)21-33-22-28(34(26(33)36)23-29(37)11-8-12-29)13-15-30(16-14-28,31(3)4)24-9-6-5-7-10-24/h5-7,9-10,37-39H,8,11-23H2,1-4H3. The second-order valence-corrected chi connectivity index (χ2v) is 16.1. The third kappa shape index (κ3) is 5.38. The number of aliphatic hydroxyl groups is 1. The molecular weight excluding hydrogens is 528 g/mol. The van der Waals surface area contributed by atoms with E-state index in [1.165, 1.54) is 5.56 Å². The van der Waals surface area contributed by atoms with Gasteiger partial charge in [0, 0.05) is 31.7 Å². The number of hydrogen-bond donors (Lipinski definition) is 3. The normalized spacial score (nSPS) is 31.0. The largest absolute Gasteiger partial charge is 0.388 e. The first-order chi connectivity index (χ1) is 18.7. The van der Waals surface area contributed by atoms with E-state index < -0.39 is 21.6 Å². The monoisotopic (exact) mass is 576 g/mol. The number of rotatable bonds is 7. The summed E-state index contributed by atoms with van der Waals surface area (Å²) in [5.41, 5.74) is -0.826. The van der Waals surface area contributed by atoms with Crippen LogP contribution in [0.3, 0.4) is 0 Å². The zero-order valence-electron chi connectivity index (χ0n) is 24.6. The zero-order chi connectivity index (χ0) is 29.0. The molecule has 1 aromatic carbocycles. The van der Waals surface area contributed by atoms with Gasteiger partial charge in [0.2, 0.25) is 5.91 Å². The van der Waals surface area contributed by atoms with Crippen molar-refractivity contribution in [1.29, 1.82) is 0 Å². The second-order valence-electron chi connectivity index (χ2n) is 13.7. The van der Waals surface area contributed by atoms with E-state index >= 15 is 0 Å². The molecule has 1 spiro atoms. The third-order valence-electron chi connectivity index (χ3n) is 10.3. The highest BCUT2D eigenvalue weighted by atomic mass is 32.3. The van der Waals surface area contributed by atoms with E-state index in [1.807, 2.05) is 29.7 Å². The van der Waals surface area contributed by atoms with Gasteiger partial charge in [-0.15, -0.1) is 0 Å². The lowest BCUT2D eigenvalue weighted by molar-refractivity contribution is -0.140. The summed E-state index contributed by atoms with van der Waals surface area (Å²) in [6.07, 6.45) is 5.89. The first kappa shape index (κ1) is 29.6. The third-order valence-corrected chi connectivity index (χ3v) is 12.0. The highest BCUT2D eigenvalue weighted by Crippen LogP contribution is 2.50. The maximum absolute atomic E-state index is 14.1. The molecule has 0 unspecified atom stereocenters. The number of hydrogen-bond acceptors (Lipinski definition) is 6. The number of amides is 3. The smallest absolute Gasteiger partial charge is 0.320 e. The molecule has 4 aliphatic rings. The Balaban J connectivity index is 1.36. The zero-order valence-corrected chi connectivity index (χ0v) is 25.5. The minimum atomic E-state index is -2.59. The lowest BCUT2D eigenvalue weighted by Crippen LogP contribution is -2.59. The number of urea groups is 1. The van der Waals surface area contributed by atoms with E-state index in [0.29, 0.717) is 32.7 Å². The number of β-amino-alcohol motifs (C(OH)–C–C–N with tert-alkyl or cyclic N) is 1. The van der Waals surface area contributed by atoms with Gasteiger partial charge in [-0.2, -0.15) is 10.6 Å². The average molecular weight is 577 g/mol. The topological polar surface area (TPSA) is 108 Å². The van der Waals surface area contributed by atoms with Gasteiger partial charge in [-0.05, 0) is 78.5 Å². The molecule has 2 saturated heterocycles. The lowest BCUT2D eigenvalue weighted by Gasteiger charge is -2.52. The molecule has 0 atom stereocenters. The Morgan fingerprint density at radius 1 is 1.00 bits per heavy atom. The van der Waals surface area contributed by atoms with Gasteiger partial charge in [-0.3, -0.25) is 18.8 Å². The molecule has 0 bridgehead atoms. The Bertz CT molecular complexity index is 1090. The molecule has 2 aliphatic heterocycles. The second kappa shape index (κ2) is 10.5. The lowest BCUT2D eigenvalue weighted by atomic mass is 9.67. The fourth-order valence-corrected chi connectivity index (χ4v) is 8.71. The molecule has 2 aliphatic carbocycles. The molecule has 9 nitrogen and oxygen atoms in total. The molecule has 4 fully saturated rings. The summed E-state index contributed by atoms with van der Waals surface area (Å²) in [6, 6.07) is 10.6. The quantitative estimate of drug-likeness (QED) is 0.453. The van der Waals surface area contributed by atoms with Gasteiger partial charge in [0.15, 0.2) is 0 Å². The highest BCUT2D eigenvalue weighted by Gasteiger charge is 2.57. The average Bonchev–Trinajstić information content (AvgIpc) is 3.13. The van der Waals surface area contributed by atoms with Crippen LogP contribution in [0.25, 0.3) is 0 Å². The highest BCUT2D eigenvalue weighted by molar-refractivity contribution is 8.24. The number of benzene rings is 1. The van der Waals surface area contributed by atoms with Gasteiger partial charge in [-0.1, -0.05) is 30.3 Å². The number of nitrogens with zero attached hydrogens (tertiary/aromatic N) is 4. The summed E-state index contributed by atoms with van der Waals surface area (Å²) in [5.74, 6) is 0.365. The van der Waals surface area contributed by atoms with Crippen molar-refractivity contribution in [3.63, 3.8) is 0 Å². The Hall–Kier alpha value is -1.85. The molecule has 5 rings (SSSR count). The molecule has 10 heteroatoms. The number of carbonyl (C=O) groups is 2. The van der Waals surface area contributed by atoms with E-state index in [9.17, 15) is 23.8 Å². The van der Waals surface area contributed by atoms with Gasteiger partial charge in [0.05, 0.1) is 34.6 Å². The van der Waals surface area contributed by atoms with Crippen LogP contribution in [0.5, 0.6) is 0 Å². The van der Waals surface area contributed by atoms with Crippen LogP contribution in [0.4, 0.5) is 4.79 Å². The molecular formula is C30H48N4O5S. The van der Waals surface area contributed by atoms with Crippen molar-refractivity contribution in [2.24, 2.45) is 5.41 Å². The van der Waals surface area contributed by atoms with Gasteiger partial charge in [-0.25, -0.2) is 4.79 Å². The summed E-state index contributed by atoms with van der Waals surface area (Å²) < 4.78 is 20.0. The predicted octanol–water partition coefficient (Wildman–Crippen LogP) is 4.03. The van der Waals surface area contributed by atoms with Crippen molar-refractivity contribution in [1.82, 2.24) is 19.6 Å². The van der Waals surface area contributed by atoms with Crippen LogP contribution < -0.4 is 0 Å². The van der Waals surface area contributed by atoms with Crippen molar-refractivity contribution < 1.29 is 23.8 Å². The molecule has 1 aromatic rings. The molecule has 0 aromatic heterocycles. The van der Waals surface area contributed by atoms with E-state index in [0.717, 1.165) is 44.9 Å². The summed E-state index contributed by atoms with van der Waals surface area (Å²) in [4.78, 5) is 35.5. The SMILES string of the molecule is CN(C)C1(c2ccccc2)CCC2(CC1)CN(CC(C)(C)C(=O)N1CCS(O)(O)CC1)C(=O)N2CC1(O)CCC1. The molecule has 2 heterocycles. The van der Waals surface area contributed by atoms with Crippen LogP contribution in [-0.4, -0.2) is 115 Å². The van der Waals surface area contributed by atoms with Gasteiger partial charge in [0.1, 0.15) is 0 Å². The summed E-state index contributed by atoms with van der Waals surface area (Å²) in [6.45, 7) is 5.63. The first-order valence-corrected chi connectivity index (χ1v) is 16.6. The van der Waals surface area contributed by atoms with Crippen LogP contribution in [0.15, 0.2) is 30.3 Å². The van der Waals surface area contributed by atoms with Gasteiger partial charge >= 0.3 is 6.03 Å². The van der Waals surface area contributed by atoms with E-state index in [2.05, 4.69) is 43.3 Å². The number of carbonyl (C=O) groups excluding carboxylic acids is 2. The molecule has 0 radical (unpaired) electrons. The minimum Gasteiger partial charge on any atom is -0.388 e. The van der Waals surface area contributed by atoms with Crippen LogP contribution in [0.2, 0.25) is 0 Å². The first-order valence-electron chi connectivity index (χ1n) is 14.8. The Morgan fingerprint density at radius 2 is 1.60 bits per heavy atom. The van der Waals surface area contributed by atoms with Crippen molar-refractivity contribution in [3.8, 4) is 0 Å². The van der Waals surface area contributed by atoms with Crippen molar-refractivity contribution >= 4 is 22.5 Å². The van der Waals surface area contributed by atoms with E-state index in [-0.39, 0.29) is 34.5 Å². The molecule has 3 N–H and O–H groups in total. The van der Waals surface area contributed by atoms with Gasteiger partial charge in [0.25, 0.3) is 0 Å². The summed E-state index contributed by atoms with van der Waals surface area (Å²) >= 11 is 0. The molecule has 2 saturated carbocycles. The van der Waals surface area contributed by atoms with Gasteiger partial charge < -0.3 is 19.8 Å². The summed E-state index contributed by atoms with van der Waals surface area (Å²) in [5, 5.41) is 11.2. The predicted molar refractivity (Wildman–Crippen MR) is 158 cm³/mol. The van der Waals surface area contributed by atoms with E-state index in [1.54, 1.807) is 4.90 Å². The maximum atomic E-state index is 14.1. The van der Waals surface area contributed by atoms with E-state index in [4.69, 9.17) is 0 Å². The minimum absolute atomic E-state index is 0.0559. The molecule has 40 heavy (non-hydrogen) atoms. The van der Waals surface area contributed by atoms with Crippen LogP contribution >= 0.6 is 10.6 Å². The fraction of sp³-hybridized carbons (Fsp3) is 0.733.